The smallest absolute Gasteiger partial charge is 0.250 e. The second-order valence-electron chi connectivity index (χ2n) is 33.5. The van der Waals surface area contributed by atoms with Gasteiger partial charge in [-0.2, -0.15) is 0 Å². The van der Waals surface area contributed by atoms with Crippen molar-refractivity contribution in [3.05, 3.63) is 59.2 Å². The maximum Gasteiger partial charge on any atom is 0.250 e. The fraction of sp³-hybridized carbons (Fsp3) is 0.692. The minimum absolute atomic E-state index is 0. The number of fused-ring (bicyclic) bond motifs is 12. The molecule has 2 aromatic carbocycles. The SMILES string of the molecule is C.CC(C)C[C@@H]1NC(=O)[C@H]2C[C@@H](O)CCN2C(=O)[C@H](C(C)C)N(C)C(=O)[C@@H](C(C)C)NC(=O)[C@@H]2C[C@@]3(O)c4ccccc4N[C@H]3N2C(=O)[C@@H]([C@H](C)O)NC1=O.Cc1ccc2c(c1)[C@]1(O)C[C@H]3C(=O)N[C@H](C(C)C)C(=O)N(C)[C@@H](C(C)C)C(=O)N4CC[C@H](O)C[C@@H]4C(=O)N[C@@H](CC(C)C)C(=O)N[C@H]([C@H](C)O)C(=O)N3[C@@H]1N2. The molecule has 610 valence electrons. The Morgan fingerprint density at radius 3 is 1.15 bits per heavy atom. The molecule has 0 bridgehead atoms. The van der Waals surface area contributed by atoms with E-state index in [1.54, 1.807) is 91.8 Å². The number of piperidine rings is 2. The summed E-state index contributed by atoms with van der Waals surface area (Å²) in [6, 6.07) is -3.01. The van der Waals surface area contributed by atoms with E-state index in [4.69, 9.17) is 0 Å². The van der Waals surface area contributed by atoms with Crippen molar-refractivity contribution in [1.29, 1.82) is 0 Å². The quantitative estimate of drug-likeness (QED) is 0.151. The minimum Gasteiger partial charge on any atom is -0.393 e. The number of nitrogens with one attached hydrogen (secondary N) is 8. The average molecular weight is 1540 g/mol. The predicted octanol–water partition coefficient (Wildman–Crippen LogP) is 0.170. The molecule has 2 aromatic rings. The number of benzene rings is 2. The van der Waals surface area contributed by atoms with E-state index < -0.39 is 215 Å². The zero-order valence-electron chi connectivity index (χ0n) is 65.7. The van der Waals surface area contributed by atoms with E-state index in [2.05, 4.69) is 42.5 Å². The number of carbonyl (C=O) groups excluding carboxylic acids is 12. The highest BCUT2D eigenvalue weighted by molar-refractivity contribution is 6.02. The van der Waals surface area contributed by atoms with Crippen molar-refractivity contribution in [3.63, 3.8) is 0 Å². The number of nitrogens with zero attached hydrogens (tertiary/aromatic N) is 6. The summed E-state index contributed by atoms with van der Waals surface area (Å²) in [5.74, 6) is -10.5. The number of rotatable bonds is 10. The van der Waals surface area contributed by atoms with Crippen LogP contribution < -0.4 is 42.5 Å². The van der Waals surface area contributed by atoms with Crippen LogP contribution >= 0.6 is 0 Å². The van der Waals surface area contributed by atoms with Crippen molar-refractivity contribution in [1.82, 2.24) is 61.3 Å². The Labute approximate surface area is 644 Å². The number of amides is 12. The van der Waals surface area contributed by atoms with Gasteiger partial charge < -0.3 is 103 Å². The summed E-state index contributed by atoms with van der Waals surface area (Å²) in [6.45, 7) is 25.8. The summed E-state index contributed by atoms with van der Waals surface area (Å²) in [4.78, 5) is 180. The highest BCUT2D eigenvalue weighted by atomic mass is 16.3. The van der Waals surface area contributed by atoms with E-state index in [1.807, 2.05) is 40.7 Å². The van der Waals surface area contributed by atoms with Crippen molar-refractivity contribution >= 4 is 82.3 Å². The van der Waals surface area contributed by atoms with Crippen LogP contribution in [0.5, 0.6) is 0 Å². The number of likely N-dealkylation sites (N-methyl/N-ethyl adjacent to an activating group) is 2. The third kappa shape index (κ3) is 17.4. The van der Waals surface area contributed by atoms with Gasteiger partial charge in [0, 0.05) is 75.4 Å². The number of hydrogen-bond acceptors (Lipinski definition) is 20. The van der Waals surface area contributed by atoms with Crippen LogP contribution in [0, 0.1) is 42.4 Å². The third-order valence-corrected chi connectivity index (χ3v) is 22.7. The van der Waals surface area contributed by atoms with E-state index in [9.17, 15) is 88.2 Å². The Kier molecular flexibility index (Phi) is 27.4. The van der Waals surface area contributed by atoms with Crippen molar-refractivity contribution in [2.24, 2.45) is 35.5 Å². The van der Waals surface area contributed by atoms with Gasteiger partial charge in [0.05, 0.1) is 24.4 Å². The molecule has 0 radical (unpaired) electrons. The van der Waals surface area contributed by atoms with Crippen LogP contribution in [0.4, 0.5) is 11.4 Å². The molecule has 12 amide bonds. The Morgan fingerprint density at radius 1 is 0.427 bits per heavy atom. The zero-order chi connectivity index (χ0) is 80.8. The van der Waals surface area contributed by atoms with Gasteiger partial charge in [0.1, 0.15) is 96.0 Å². The molecule has 32 nitrogen and oxygen atoms in total. The van der Waals surface area contributed by atoms with Crippen molar-refractivity contribution in [2.45, 2.75) is 283 Å². The maximum absolute atomic E-state index is 14.7. The molecule has 0 aliphatic carbocycles. The number of hydrogen-bond donors (Lipinski definition) is 14. The molecular formula is C78H120N14O18. The van der Waals surface area contributed by atoms with Crippen LogP contribution in [0.1, 0.15) is 172 Å². The van der Waals surface area contributed by atoms with Gasteiger partial charge in [0.2, 0.25) is 70.9 Å². The molecule has 0 spiro atoms. The highest BCUT2D eigenvalue weighted by Crippen LogP contribution is 2.51. The number of aliphatic hydroxyl groups is 6. The second-order valence-corrected chi connectivity index (χ2v) is 33.5. The van der Waals surface area contributed by atoms with Gasteiger partial charge in [0.25, 0.3) is 0 Å². The van der Waals surface area contributed by atoms with E-state index in [1.165, 1.54) is 47.5 Å². The molecule has 110 heavy (non-hydrogen) atoms. The summed E-state index contributed by atoms with van der Waals surface area (Å²) in [5, 5.41) is 90.6. The number of carbonyl (C=O) groups is 12. The lowest BCUT2D eigenvalue weighted by molar-refractivity contribution is -0.155. The first-order valence-electron chi connectivity index (χ1n) is 38.5. The fourth-order valence-corrected chi connectivity index (χ4v) is 17.0. The van der Waals surface area contributed by atoms with Crippen molar-refractivity contribution < 1.29 is 88.2 Å². The molecule has 8 aliphatic heterocycles. The molecule has 0 aromatic heterocycles. The molecule has 8 aliphatic rings. The lowest BCUT2D eigenvalue weighted by atomic mass is 9.90. The number of anilines is 2. The van der Waals surface area contributed by atoms with E-state index >= 15 is 0 Å². The van der Waals surface area contributed by atoms with Crippen LogP contribution in [0.2, 0.25) is 0 Å². The van der Waals surface area contributed by atoms with Crippen molar-refractivity contribution in [3.8, 4) is 0 Å². The fourth-order valence-electron chi connectivity index (χ4n) is 17.0. The van der Waals surface area contributed by atoms with Gasteiger partial charge in [0.15, 0.2) is 0 Å². The summed E-state index contributed by atoms with van der Waals surface area (Å²) in [6.07, 6.45) is -7.28. The van der Waals surface area contributed by atoms with Crippen LogP contribution in [-0.4, -0.2) is 267 Å². The Hall–Kier alpha value is -8.56. The largest absolute Gasteiger partial charge is 0.393 e. The Morgan fingerprint density at radius 2 is 0.782 bits per heavy atom. The first kappa shape index (κ1) is 87.0. The second kappa shape index (κ2) is 34.6. The van der Waals surface area contributed by atoms with Gasteiger partial charge in [-0.1, -0.05) is 126 Å². The molecule has 0 saturated carbocycles. The molecule has 6 saturated heterocycles. The molecule has 32 heteroatoms. The summed E-state index contributed by atoms with van der Waals surface area (Å²) >= 11 is 0. The molecule has 14 N–H and O–H groups in total. The number of para-hydroxylation sites is 1. The lowest BCUT2D eigenvalue weighted by Gasteiger charge is -2.42. The van der Waals surface area contributed by atoms with Gasteiger partial charge in [-0.05, 0) is 94.1 Å². The molecule has 0 unspecified atom stereocenters. The normalized spacial score (nSPS) is 32.8. The molecule has 20 atom stereocenters. The van der Waals surface area contributed by atoms with Gasteiger partial charge in [-0.3, -0.25) is 57.5 Å². The Balaban J connectivity index is 0.000000274. The third-order valence-electron chi connectivity index (χ3n) is 22.7. The van der Waals surface area contributed by atoms with Gasteiger partial charge in [-0.25, -0.2) is 0 Å². The monoisotopic (exact) mass is 1540 g/mol. The van der Waals surface area contributed by atoms with Gasteiger partial charge in [-0.15, -0.1) is 0 Å². The molecular weight excluding hydrogens is 1420 g/mol. The van der Waals surface area contributed by atoms with Crippen LogP contribution in [-0.2, 0) is 68.7 Å². The van der Waals surface area contributed by atoms with Crippen molar-refractivity contribution in [2.75, 3.05) is 37.8 Å². The first-order valence-corrected chi connectivity index (χ1v) is 38.5. The standard InChI is InChI=1S/C39H59N7O9.C38H57N7O9.CH4/c1-18(2)14-26-32(49)43-30(22(8)47)36(53)46-28(17-39(55)24-15-21(7)10-11-25(24)41-38(39)46)34(51)42-29(19(3)4)35(52)44(9)31(20(5)6)37(54)45-13-12-23(48)16-27(45)33(50)40-26;1-18(2)15-25-31(48)42-29(21(7)46)35(52)45-27(17-38(54)23-11-9-10-12-24(23)40-37(38)45)33(50)41-28(19(3)4)34(51)43(8)30(20(5)6)36(53)44-14-13-22(47)16-26(44)32(49)39-25;/h10-11,15,18-20,22-23,26-31,38,41,47-48,55H,12-14,16-17H2,1-9H3,(H,40,50)(H,42,51)(H,43,49);9-12,18-22,25-30,37,40,46-47,54H,13-17H2,1-8H3,(H,39,49)(H,41,50)(H,42,48);1H4/t22-,23-,26-,27+,28-,29+,30+,31-,38-,39+;21-,22-,25-,26+,27-,28+,29+,30-,37-,38+;/m00./s1. The molecule has 6 fully saturated rings. The molecule has 8 heterocycles. The van der Waals surface area contributed by atoms with Crippen LogP contribution in [0.3, 0.4) is 0 Å². The summed E-state index contributed by atoms with van der Waals surface area (Å²) < 4.78 is 0. The molecule has 10 rings (SSSR count). The Bertz CT molecular complexity index is 3800. The van der Waals surface area contributed by atoms with Gasteiger partial charge >= 0.3 is 0 Å². The summed E-state index contributed by atoms with van der Waals surface area (Å²) in [5.41, 5.74) is -0.683. The summed E-state index contributed by atoms with van der Waals surface area (Å²) in [7, 11) is 2.94. The topological polar surface area (TPSA) is 442 Å². The van der Waals surface area contributed by atoms with E-state index in [-0.39, 0.29) is 83.7 Å². The number of aliphatic hydroxyl groups excluding tert-OH is 4. The van der Waals surface area contributed by atoms with E-state index in [0.29, 0.717) is 22.5 Å². The first-order chi connectivity index (χ1) is 50.9. The lowest BCUT2D eigenvalue weighted by Crippen LogP contribution is -2.65. The maximum atomic E-state index is 14.7. The zero-order valence-corrected chi connectivity index (χ0v) is 65.7. The average Bonchev–Trinajstić information content (AvgIpc) is 1.56. The van der Waals surface area contributed by atoms with Crippen LogP contribution in [0.15, 0.2) is 42.5 Å². The van der Waals surface area contributed by atoms with E-state index in [0.717, 1.165) is 15.4 Å². The predicted molar refractivity (Wildman–Crippen MR) is 405 cm³/mol. The van der Waals surface area contributed by atoms with Crippen LogP contribution in [0.25, 0.3) is 0 Å². The number of aryl methyl sites for hydroxylation is 1. The minimum atomic E-state index is -1.77. The highest BCUT2D eigenvalue weighted by Gasteiger charge is 2.64.